The van der Waals surface area contributed by atoms with Gasteiger partial charge in [-0.2, -0.15) is 0 Å². The predicted octanol–water partition coefficient (Wildman–Crippen LogP) is 3.39. The Morgan fingerprint density at radius 3 is 2.33 bits per heavy atom. The number of aliphatic hydroxyl groups excluding tert-OH is 1. The monoisotopic (exact) mass is 656 g/mol. The lowest BCUT2D eigenvalue weighted by atomic mass is 9.73. The third kappa shape index (κ3) is 8.14. The molecule has 3 aliphatic rings. The molecule has 0 aromatic heterocycles. The van der Waals surface area contributed by atoms with E-state index >= 15 is 0 Å². The summed E-state index contributed by atoms with van der Waals surface area (Å²) in [6, 6.07) is -0.00630. The minimum Gasteiger partial charge on any atom is -0.459 e. The molecule has 3 aliphatic heterocycles. The highest BCUT2D eigenvalue weighted by molar-refractivity contribution is 5.88. The van der Waals surface area contributed by atoms with Crippen LogP contribution < -0.4 is 0 Å². The van der Waals surface area contributed by atoms with E-state index < -0.39 is 77.7 Å². The summed E-state index contributed by atoms with van der Waals surface area (Å²) >= 11 is 0. The summed E-state index contributed by atoms with van der Waals surface area (Å²) < 4.78 is 38.2. The number of hydrogen-bond donors (Lipinski definition) is 3. The van der Waals surface area contributed by atoms with E-state index in [9.17, 15) is 20.2 Å². The van der Waals surface area contributed by atoms with Gasteiger partial charge in [0.15, 0.2) is 6.29 Å². The number of carbonyl (C=O) groups excluding carboxylic acids is 1. The summed E-state index contributed by atoms with van der Waals surface area (Å²) in [5.41, 5.74) is -1.81. The fourth-order valence-electron chi connectivity index (χ4n) is 7.79. The number of likely N-dealkylation sites (N-methyl/N-ethyl adjacent to an activating group) is 1. The van der Waals surface area contributed by atoms with Crippen molar-refractivity contribution in [1.82, 2.24) is 4.90 Å². The molecule has 0 radical (unpaired) electrons. The smallest absolute Gasteiger partial charge is 0.311 e. The number of esters is 1. The van der Waals surface area contributed by atoms with Crippen molar-refractivity contribution in [1.29, 1.82) is 0 Å². The third-order valence-corrected chi connectivity index (χ3v) is 10.5. The molecule has 3 N–H and O–H groups in total. The SMILES string of the molecule is C=C1CO[C@@H]2[C@@H](C)/C(=N\O)[C@H](C)C[C@@](C)(OC1)[C@H](O[C@@H]1O[C@H](C)C[C@H](N(C)C)[C@H]1OC)[C@@H](C)[C@H](O)[C@@H](C)C(=O)O[C@H](CC)[C@@]2(C)O. The van der Waals surface area contributed by atoms with Gasteiger partial charge in [-0.3, -0.25) is 4.79 Å². The summed E-state index contributed by atoms with van der Waals surface area (Å²) in [7, 11) is 5.60. The molecule has 0 aliphatic carbocycles. The number of rotatable bonds is 5. The lowest BCUT2D eigenvalue weighted by molar-refractivity contribution is -0.306. The molecule has 12 nitrogen and oxygen atoms in total. The van der Waals surface area contributed by atoms with Crippen LogP contribution in [0.5, 0.6) is 0 Å². The Hall–Kier alpha value is -1.64. The molecule has 12 heteroatoms. The molecule has 3 fully saturated rings. The molecule has 2 bridgehead atoms. The van der Waals surface area contributed by atoms with E-state index in [2.05, 4.69) is 16.6 Å². The van der Waals surface area contributed by atoms with E-state index in [4.69, 9.17) is 28.4 Å². The lowest BCUT2D eigenvalue weighted by Gasteiger charge is -2.49. The number of methoxy groups -OCH3 is 1. The van der Waals surface area contributed by atoms with Gasteiger partial charge in [0.25, 0.3) is 0 Å². The average molecular weight is 657 g/mol. The fraction of sp³-hybridized carbons (Fsp3) is 0.882. The van der Waals surface area contributed by atoms with Crippen LogP contribution in [0.3, 0.4) is 0 Å². The molecule has 266 valence electrons. The lowest BCUT2D eigenvalue weighted by Crippen LogP contribution is -2.60. The summed E-state index contributed by atoms with van der Waals surface area (Å²) in [4.78, 5) is 15.7. The maximum Gasteiger partial charge on any atom is 0.311 e. The van der Waals surface area contributed by atoms with E-state index in [1.807, 2.05) is 48.7 Å². The van der Waals surface area contributed by atoms with Crippen LogP contribution in [0, 0.1) is 23.7 Å². The van der Waals surface area contributed by atoms with Gasteiger partial charge in [-0.1, -0.05) is 39.4 Å². The molecular formula is C34H60N2O10. The van der Waals surface area contributed by atoms with Crippen LogP contribution in [0.2, 0.25) is 0 Å². The number of fused-ring (bicyclic) bond motifs is 5. The molecule has 3 saturated heterocycles. The van der Waals surface area contributed by atoms with Crippen molar-refractivity contribution >= 4 is 11.7 Å². The van der Waals surface area contributed by atoms with Crippen molar-refractivity contribution < 1.29 is 48.6 Å². The maximum atomic E-state index is 13.6. The number of oxime groups is 1. The van der Waals surface area contributed by atoms with Gasteiger partial charge in [-0.15, -0.1) is 0 Å². The molecular weight excluding hydrogens is 596 g/mol. The molecule has 3 rings (SSSR count). The third-order valence-electron chi connectivity index (χ3n) is 10.5. The van der Waals surface area contributed by atoms with Gasteiger partial charge in [0.1, 0.15) is 17.8 Å². The second-order valence-corrected chi connectivity index (χ2v) is 14.5. The van der Waals surface area contributed by atoms with Crippen molar-refractivity contribution in [2.75, 3.05) is 34.4 Å². The number of carbonyl (C=O) groups is 1. The zero-order chi connectivity index (χ0) is 34.7. The average Bonchev–Trinajstić information content (AvgIpc) is 3.00. The summed E-state index contributed by atoms with van der Waals surface area (Å²) in [6.45, 7) is 18.8. The Morgan fingerprint density at radius 1 is 1.11 bits per heavy atom. The molecule has 46 heavy (non-hydrogen) atoms. The Labute approximate surface area is 275 Å². The van der Waals surface area contributed by atoms with Crippen molar-refractivity contribution in [3.8, 4) is 0 Å². The molecule has 0 aromatic carbocycles. The van der Waals surface area contributed by atoms with Gasteiger partial charge in [0.05, 0.1) is 54.9 Å². The highest BCUT2D eigenvalue weighted by atomic mass is 16.7. The Morgan fingerprint density at radius 2 is 1.76 bits per heavy atom. The summed E-state index contributed by atoms with van der Waals surface area (Å²) in [5, 5.41) is 37.9. The summed E-state index contributed by atoms with van der Waals surface area (Å²) in [5.74, 6) is -3.31. The molecule has 0 amide bonds. The number of ether oxygens (including phenoxy) is 6. The van der Waals surface area contributed by atoms with Crippen molar-refractivity contribution in [2.45, 2.75) is 135 Å². The van der Waals surface area contributed by atoms with Gasteiger partial charge in [-0.05, 0) is 66.6 Å². The van der Waals surface area contributed by atoms with Crippen LogP contribution in [-0.4, -0.2) is 127 Å². The first-order valence-corrected chi connectivity index (χ1v) is 16.7. The largest absolute Gasteiger partial charge is 0.459 e. The Kier molecular flexibility index (Phi) is 13.3. The van der Waals surface area contributed by atoms with Gasteiger partial charge in [0.2, 0.25) is 0 Å². The molecule has 0 aromatic rings. The van der Waals surface area contributed by atoms with Crippen LogP contribution in [0.25, 0.3) is 0 Å². The van der Waals surface area contributed by atoms with Crippen LogP contribution in [0.4, 0.5) is 0 Å². The van der Waals surface area contributed by atoms with Gasteiger partial charge in [-0.25, -0.2) is 0 Å². The Bertz CT molecular complexity index is 1070. The standard InChI is InChI=1S/C34H60N2O10/c1-13-25-34(9,39)30-21(5)26(35-40)19(3)15-33(8,43-17-18(2)16-42-30)29(22(6)27(37)23(7)31(38)45-25)46-32-28(41-12)24(36(10)11)14-20(4)44-32/h19-25,27-30,32,37,39-40H,2,13-17H2,1,3-12H3/b35-26-/t19-,20-,21+,22+,23-,24+,25-,27+,28-,29-,30-,32+,33-,34-/m1/s1. The molecule has 0 unspecified atom stereocenters. The normalized spacial score (nSPS) is 46.3. The van der Waals surface area contributed by atoms with Crippen LogP contribution >= 0.6 is 0 Å². The zero-order valence-electron chi connectivity index (χ0n) is 29.8. The summed E-state index contributed by atoms with van der Waals surface area (Å²) in [6.07, 6.45) is -4.09. The maximum absolute atomic E-state index is 13.6. The fourth-order valence-corrected chi connectivity index (χ4v) is 7.79. The second-order valence-electron chi connectivity index (χ2n) is 14.5. The molecule has 14 atom stereocenters. The van der Waals surface area contributed by atoms with Crippen molar-refractivity contribution in [2.24, 2.45) is 28.8 Å². The van der Waals surface area contributed by atoms with Crippen LogP contribution in [-0.2, 0) is 33.2 Å². The quantitative estimate of drug-likeness (QED) is 0.173. The highest BCUT2D eigenvalue weighted by Gasteiger charge is 2.53. The van der Waals surface area contributed by atoms with Crippen LogP contribution in [0.15, 0.2) is 17.3 Å². The number of hydrogen-bond acceptors (Lipinski definition) is 12. The van der Waals surface area contributed by atoms with Gasteiger partial charge >= 0.3 is 5.97 Å². The first-order chi connectivity index (χ1) is 21.4. The number of nitrogens with zero attached hydrogens (tertiary/aromatic N) is 2. The molecule has 0 saturated carbocycles. The van der Waals surface area contributed by atoms with E-state index in [1.54, 1.807) is 27.9 Å². The molecule has 3 heterocycles. The minimum absolute atomic E-state index is 0.00630. The van der Waals surface area contributed by atoms with E-state index in [-0.39, 0.29) is 31.8 Å². The van der Waals surface area contributed by atoms with E-state index in [0.717, 1.165) is 6.42 Å². The Balaban J connectivity index is 2.24. The first-order valence-electron chi connectivity index (χ1n) is 16.7. The van der Waals surface area contributed by atoms with Crippen molar-refractivity contribution in [3.63, 3.8) is 0 Å². The number of cyclic esters (lactones) is 1. The van der Waals surface area contributed by atoms with Crippen LogP contribution in [0.1, 0.15) is 74.7 Å². The zero-order valence-corrected chi connectivity index (χ0v) is 29.8. The van der Waals surface area contributed by atoms with E-state index in [1.165, 1.54) is 0 Å². The first kappa shape index (κ1) is 38.8. The van der Waals surface area contributed by atoms with Gasteiger partial charge in [0, 0.05) is 30.9 Å². The topological polar surface area (TPSA) is 149 Å². The highest BCUT2D eigenvalue weighted by Crippen LogP contribution is 2.41. The van der Waals surface area contributed by atoms with Crippen molar-refractivity contribution in [3.05, 3.63) is 12.2 Å². The van der Waals surface area contributed by atoms with Gasteiger partial charge < -0.3 is 48.7 Å². The predicted molar refractivity (Wildman–Crippen MR) is 173 cm³/mol. The molecule has 0 spiro atoms. The van der Waals surface area contributed by atoms with E-state index in [0.29, 0.717) is 17.7 Å². The number of aliphatic hydroxyl groups is 2. The second kappa shape index (κ2) is 15.7. The minimum atomic E-state index is -1.68.